The van der Waals surface area contributed by atoms with E-state index < -0.39 is 52.4 Å². The number of nitrogen functional groups attached to an aromatic ring is 1. The van der Waals surface area contributed by atoms with Crippen LogP contribution in [0.15, 0.2) is 11.1 Å². The number of H-pyrrole nitrogens is 1. The Morgan fingerprint density at radius 1 is 1.36 bits per heavy atom. The topological polar surface area (TPSA) is 193 Å². The van der Waals surface area contributed by atoms with Crippen molar-refractivity contribution in [1.82, 2.24) is 24.6 Å². The second-order valence-electron chi connectivity index (χ2n) is 10.8. The number of hydrogen-bond acceptors (Lipinski definition) is 13. The van der Waals surface area contributed by atoms with E-state index in [1.165, 1.54) is 10.9 Å². The predicted molar refractivity (Wildman–Crippen MR) is 164 cm³/mol. The van der Waals surface area contributed by atoms with Crippen molar-refractivity contribution < 1.29 is 33.2 Å². The van der Waals surface area contributed by atoms with Gasteiger partial charge in [-0.05, 0) is 32.6 Å². The Kier molecular flexibility index (Phi) is 11.5. The van der Waals surface area contributed by atoms with Crippen LogP contribution in [0.25, 0.3) is 11.2 Å². The van der Waals surface area contributed by atoms with E-state index in [1.54, 1.807) is 20.8 Å². The van der Waals surface area contributed by atoms with Crippen molar-refractivity contribution in [3.8, 4) is 0 Å². The Hall–Kier alpha value is -1.33. The van der Waals surface area contributed by atoms with Crippen LogP contribution < -0.4 is 16.4 Å². The number of hydrogen-bond donors (Lipinski definition) is 4. The standard InChI is InChI=1S/C23H35Cl2N6O8PS2/c1-11(2)38-18(34)12(3)30-40(41,36-7-8-42-20(35)22(4,5)6)37-9-13-15(32)23(24,25)19(39-13)31-10-27-14-16(31)28-21(26)29-17(14)33/h10-13,15,19,32H,7-9H2,1-6H3,(H,30,41)(H3,26,28,29,33)/t12-,13-,15-,19-,40+/m1/s1. The fraction of sp³-hybridized carbons (Fsp3) is 0.696. The highest BCUT2D eigenvalue weighted by Crippen LogP contribution is 2.50. The number of aromatic amines is 1. The molecule has 1 aliphatic heterocycles. The van der Waals surface area contributed by atoms with Crippen molar-refractivity contribution in [2.75, 3.05) is 24.7 Å². The van der Waals surface area contributed by atoms with Gasteiger partial charge >= 0.3 is 5.97 Å². The van der Waals surface area contributed by atoms with E-state index in [0.717, 1.165) is 11.8 Å². The second-order valence-corrected chi connectivity index (χ2v) is 16.5. The Balaban J connectivity index is 1.77. The van der Waals surface area contributed by atoms with Crippen LogP contribution in [0.1, 0.15) is 47.8 Å². The van der Waals surface area contributed by atoms with Crippen molar-refractivity contribution >= 4 is 81.6 Å². The van der Waals surface area contributed by atoms with E-state index in [-0.39, 0.29) is 47.3 Å². The molecule has 19 heteroatoms. The average Bonchev–Trinajstić information content (AvgIpc) is 3.37. The normalized spacial score (nSPS) is 22.8. The maximum absolute atomic E-state index is 12.5. The summed E-state index contributed by atoms with van der Waals surface area (Å²) in [5.41, 5.74) is 4.56. The average molecular weight is 690 g/mol. The lowest BCUT2D eigenvalue weighted by molar-refractivity contribution is -0.149. The summed E-state index contributed by atoms with van der Waals surface area (Å²) in [6.07, 6.45) is -3.02. The van der Waals surface area contributed by atoms with Crippen LogP contribution in [0.2, 0.25) is 0 Å². The number of fused-ring (bicyclic) bond motifs is 1. The molecule has 0 spiro atoms. The number of alkyl halides is 2. The minimum atomic E-state index is -3.44. The molecule has 2 aromatic rings. The molecule has 0 saturated carbocycles. The highest BCUT2D eigenvalue weighted by atomic mass is 35.5. The Morgan fingerprint density at radius 2 is 2.02 bits per heavy atom. The zero-order valence-electron chi connectivity index (χ0n) is 23.8. The zero-order valence-corrected chi connectivity index (χ0v) is 27.9. The first-order valence-electron chi connectivity index (χ1n) is 12.8. The molecule has 0 radical (unpaired) electrons. The van der Waals surface area contributed by atoms with Crippen LogP contribution in [-0.4, -0.2) is 83.4 Å². The van der Waals surface area contributed by atoms with E-state index in [0.29, 0.717) is 0 Å². The summed E-state index contributed by atoms with van der Waals surface area (Å²) in [6.45, 7) is 6.62. The smallest absolute Gasteiger partial charge is 0.323 e. The molecule has 1 aliphatic rings. The molecular formula is C23H35Cl2N6O8PS2. The van der Waals surface area contributed by atoms with Gasteiger partial charge in [-0.1, -0.05) is 55.7 Å². The highest BCUT2D eigenvalue weighted by molar-refractivity contribution is 8.13. The molecule has 0 bridgehead atoms. The first kappa shape index (κ1) is 35.2. The number of thioether (sulfide) groups is 1. The number of anilines is 1. The predicted octanol–water partition coefficient (Wildman–Crippen LogP) is 2.63. The van der Waals surface area contributed by atoms with Gasteiger partial charge in [0, 0.05) is 11.2 Å². The van der Waals surface area contributed by atoms with Crippen molar-refractivity contribution in [2.45, 2.75) is 76.5 Å². The maximum Gasteiger partial charge on any atom is 0.323 e. The molecule has 1 fully saturated rings. The number of aromatic nitrogens is 4. The van der Waals surface area contributed by atoms with Gasteiger partial charge in [-0.25, -0.2) is 10.1 Å². The molecule has 0 aromatic carbocycles. The van der Waals surface area contributed by atoms with Crippen LogP contribution in [-0.2, 0) is 39.9 Å². The number of aliphatic hydroxyl groups is 1. The van der Waals surface area contributed by atoms with Crippen molar-refractivity contribution in [1.29, 1.82) is 0 Å². The van der Waals surface area contributed by atoms with Gasteiger partial charge in [-0.2, -0.15) is 4.98 Å². The number of nitrogens with one attached hydrogen (secondary N) is 2. The summed E-state index contributed by atoms with van der Waals surface area (Å²) in [5, 5.41) is 13.8. The van der Waals surface area contributed by atoms with Gasteiger partial charge in [0.15, 0.2) is 26.8 Å². The molecule has 0 amide bonds. The van der Waals surface area contributed by atoms with E-state index >= 15 is 0 Å². The van der Waals surface area contributed by atoms with Gasteiger partial charge in [-0.15, -0.1) is 0 Å². The van der Waals surface area contributed by atoms with Crippen LogP contribution in [0.4, 0.5) is 5.95 Å². The number of nitrogens with two attached hydrogens (primary N) is 1. The second kappa shape index (κ2) is 13.8. The number of imidazole rings is 1. The number of halogens is 2. The van der Waals surface area contributed by atoms with Gasteiger partial charge < -0.3 is 29.4 Å². The molecule has 3 rings (SSSR count). The van der Waals surface area contributed by atoms with E-state index in [2.05, 4.69) is 20.0 Å². The lowest BCUT2D eigenvalue weighted by Crippen LogP contribution is -2.39. The summed E-state index contributed by atoms with van der Waals surface area (Å²) < 4.78 is 22.4. The van der Waals surface area contributed by atoms with E-state index in [4.69, 9.17) is 59.3 Å². The number of carbonyl (C=O) groups excluding carboxylic acids is 2. The van der Waals surface area contributed by atoms with Crippen molar-refractivity contribution in [3.05, 3.63) is 16.7 Å². The van der Waals surface area contributed by atoms with Gasteiger partial charge in [0.1, 0.15) is 18.2 Å². The zero-order chi connectivity index (χ0) is 31.6. The van der Waals surface area contributed by atoms with Crippen LogP contribution in [0.5, 0.6) is 0 Å². The summed E-state index contributed by atoms with van der Waals surface area (Å²) in [4.78, 5) is 47.4. The van der Waals surface area contributed by atoms with Crippen molar-refractivity contribution in [2.24, 2.45) is 5.41 Å². The molecule has 42 heavy (non-hydrogen) atoms. The third kappa shape index (κ3) is 8.43. The molecule has 14 nitrogen and oxygen atoms in total. The van der Waals surface area contributed by atoms with Crippen molar-refractivity contribution in [3.63, 3.8) is 0 Å². The Labute approximate surface area is 261 Å². The van der Waals surface area contributed by atoms with E-state index in [9.17, 15) is 19.5 Å². The number of nitrogens with zero attached hydrogens (tertiary/aromatic N) is 3. The third-order valence-electron chi connectivity index (χ3n) is 5.74. The van der Waals surface area contributed by atoms with Gasteiger partial charge in [0.05, 0.1) is 25.6 Å². The van der Waals surface area contributed by atoms with Gasteiger partial charge in [0.2, 0.25) is 5.95 Å². The number of ether oxygens (including phenoxy) is 2. The first-order chi connectivity index (χ1) is 19.4. The minimum Gasteiger partial charge on any atom is -0.462 e. The quantitative estimate of drug-likeness (QED) is 0.110. The fourth-order valence-electron chi connectivity index (χ4n) is 3.64. The van der Waals surface area contributed by atoms with Crippen LogP contribution in [0, 0.1) is 5.41 Å². The maximum atomic E-state index is 12.5. The third-order valence-corrected chi connectivity index (χ3v) is 10.5. The van der Waals surface area contributed by atoms with Gasteiger partial charge in [0.25, 0.3) is 12.2 Å². The molecule has 236 valence electrons. The summed E-state index contributed by atoms with van der Waals surface area (Å²) >= 11 is 19.8. The minimum absolute atomic E-state index is 0.0248. The van der Waals surface area contributed by atoms with Gasteiger partial charge in [-0.3, -0.25) is 23.9 Å². The fourth-order valence-corrected chi connectivity index (χ4v) is 7.50. The monoisotopic (exact) mass is 688 g/mol. The van der Waals surface area contributed by atoms with Crippen LogP contribution in [0.3, 0.4) is 0 Å². The Morgan fingerprint density at radius 3 is 2.64 bits per heavy atom. The molecule has 0 aliphatic carbocycles. The number of aliphatic hydroxyl groups excluding tert-OH is 1. The summed E-state index contributed by atoms with van der Waals surface area (Å²) in [6, 6.07) is -0.906. The SMILES string of the molecule is CC(C)OC(=O)[C@@H](C)N[P@](=S)(OCCSC(=O)C(C)(C)C)OC[C@H]1O[C@@H](n2cnc3c(=O)[nH]c(N)nc32)C(Cl)(Cl)[C@@H]1O. The molecule has 5 atom stereocenters. The molecule has 3 heterocycles. The Bertz CT molecular complexity index is 1400. The highest BCUT2D eigenvalue weighted by Gasteiger charge is 2.56. The lowest BCUT2D eigenvalue weighted by Gasteiger charge is -2.28. The largest absolute Gasteiger partial charge is 0.462 e. The summed E-state index contributed by atoms with van der Waals surface area (Å²) in [7, 11) is 0. The number of esters is 1. The molecule has 2 aromatic heterocycles. The molecule has 0 unspecified atom stereocenters. The number of carbonyl (C=O) groups is 2. The molecule has 1 saturated heterocycles. The lowest BCUT2D eigenvalue weighted by atomic mass is 10.00. The number of rotatable bonds is 12. The molecular weight excluding hydrogens is 654 g/mol. The first-order valence-corrected chi connectivity index (χ1v) is 17.2. The summed E-state index contributed by atoms with van der Waals surface area (Å²) in [5.74, 6) is -0.459. The van der Waals surface area contributed by atoms with Crippen LogP contribution >= 0.6 is 41.6 Å². The van der Waals surface area contributed by atoms with E-state index in [1.807, 2.05) is 20.8 Å². The molecule has 5 N–H and O–H groups in total.